The Morgan fingerprint density at radius 2 is 2.17 bits per heavy atom. The lowest BCUT2D eigenvalue weighted by Crippen LogP contribution is -2.61. The standard InChI is InChI=1S/C15H14N6O2/c22-14(10-5-12-3-1-2-4-20(12)7-10)17-11-8-21(9-11)15(23)13-6-16-19-18-13/h1-7,11H,8-9H2,(H,17,22)(H,16,18,19). The zero-order valence-corrected chi connectivity index (χ0v) is 12.1. The molecule has 2 amide bonds. The molecule has 4 rings (SSSR count). The Balaban J connectivity index is 1.36. The van der Waals surface area contributed by atoms with Crippen LogP contribution in [0.2, 0.25) is 0 Å². The van der Waals surface area contributed by atoms with Gasteiger partial charge < -0.3 is 14.6 Å². The van der Waals surface area contributed by atoms with Crippen LogP contribution in [0.3, 0.4) is 0 Å². The Hall–Kier alpha value is -3.16. The molecule has 0 saturated carbocycles. The minimum Gasteiger partial charge on any atom is -0.346 e. The number of likely N-dealkylation sites (tertiary alicyclic amines) is 1. The van der Waals surface area contributed by atoms with Crippen LogP contribution in [0.5, 0.6) is 0 Å². The molecular formula is C15H14N6O2. The first-order chi connectivity index (χ1) is 11.2. The summed E-state index contributed by atoms with van der Waals surface area (Å²) in [6, 6.07) is 7.58. The van der Waals surface area contributed by atoms with E-state index in [2.05, 4.69) is 20.7 Å². The fourth-order valence-corrected chi connectivity index (χ4v) is 2.65. The maximum atomic E-state index is 12.3. The normalized spacial score (nSPS) is 14.7. The van der Waals surface area contributed by atoms with E-state index in [1.54, 1.807) is 11.1 Å². The zero-order chi connectivity index (χ0) is 15.8. The average molecular weight is 310 g/mol. The number of nitrogens with one attached hydrogen (secondary N) is 2. The molecule has 1 fully saturated rings. The predicted molar refractivity (Wildman–Crippen MR) is 80.9 cm³/mol. The van der Waals surface area contributed by atoms with Gasteiger partial charge in [-0.15, -0.1) is 0 Å². The second-order valence-corrected chi connectivity index (χ2v) is 5.50. The van der Waals surface area contributed by atoms with Crippen LogP contribution in [0.4, 0.5) is 0 Å². The van der Waals surface area contributed by atoms with Crippen LogP contribution >= 0.6 is 0 Å². The number of amides is 2. The minimum absolute atomic E-state index is 0.0404. The topological polar surface area (TPSA) is 95.4 Å². The summed E-state index contributed by atoms with van der Waals surface area (Å²) in [5.41, 5.74) is 1.86. The molecule has 4 heterocycles. The fourth-order valence-electron chi connectivity index (χ4n) is 2.65. The van der Waals surface area contributed by atoms with Gasteiger partial charge in [0.2, 0.25) is 0 Å². The maximum Gasteiger partial charge on any atom is 0.276 e. The van der Waals surface area contributed by atoms with Gasteiger partial charge in [0, 0.05) is 31.0 Å². The number of carbonyl (C=O) groups excluding carboxylic acids is 2. The molecule has 1 saturated heterocycles. The molecule has 1 aliphatic rings. The molecule has 3 aromatic rings. The van der Waals surface area contributed by atoms with Crippen LogP contribution < -0.4 is 5.32 Å². The largest absolute Gasteiger partial charge is 0.346 e. The van der Waals surface area contributed by atoms with E-state index in [4.69, 9.17) is 0 Å². The van der Waals surface area contributed by atoms with Crippen LogP contribution in [0.25, 0.3) is 5.52 Å². The number of carbonyl (C=O) groups is 2. The van der Waals surface area contributed by atoms with Crippen LogP contribution in [0.15, 0.2) is 42.9 Å². The van der Waals surface area contributed by atoms with Gasteiger partial charge in [-0.3, -0.25) is 9.59 Å². The van der Waals surface area contributed by atoms with Crippen molar-refractivity contribution in [1.29, 1.82) is 0 Å². The monoisotopic (exact) mass is 310 g/mol. The van der Waals surface area contributed by atoms with Gasteiger partial charge in [0.25, 0.3) is 11.8 Å². The summed E-state index contributed by atoms with van der Waals surface area (Å²) < 4.78 is 1.90. The summed E-state index contributed by atoms with van der Waals surface area (Å²) in [6.45, 7) is 0.954. The van der Waals surface area contributed by atoms with Gasteiger partial charge in [0.15, 0.2) is 5.69 Å². The Bertz CT molecular complexity index is 830. The van der Waals surface area contributed by atoms with Crippen LogP contribution in [0.1, 0.15) is 20.8 Å². The number of hydrogen-bond acceptors (Lipinski definition) is 4. The first-order valence-electron chi connectivity index (χ1n) is 7.23. The molecule has 116 valence electrons. The van der Waals surface area contributed by atoms with E-state index in [1.807, 2.05) is 34.9 Å². The van der Waals surface area contributed by atoms with E-state index in [1.165, 1.54) is 6.20 Å². The van der Waals surface area contributed by atoms with Gasteiger partial charge in [-0.1, -0.05) is 6.07 Å². The smallest absolute Gasteiger partial charge is 0.276 e. The highest BCUT2D eigenvalue weighted by atomic mass is 16.2. The summed E-state index contributed by atoms with van der Waals surface area (Å²) in [6.07, 6.45) is 5.08. The van der Waals surface area contributed by atoms with Gasteiger partial charge >= 0.3 is 0 Å². The van der Waals surface area contributed by atoms with Gasteiger partial charge in [0.1, 0.15) is 0 Å². The van der Waals surface area contributed by atoms with E-state index >= 15 is 0 Å². The van der Waals surface area contributed by atoms with Gasteiger partial charge in [-0.05, 0) is 18.2 Å². The lowest BCUT2D eigenvalue weighted by molar-refractivity contribution is 0.0537. The van der Waals surface area contributed by atoms with Crippen molar-refractivity contribution in [1.82, 2.24) is 30.0 Å². The molecule has 0 unspecified atom stereocenters. The third-order valence-corrected chi connectivity index (χ3v) is 3.90. The van der Waals surface area contributed by atoms with Crippen LogP contribution in [-0.2, 0) is 0 Å². The Morgan fingerprint density at radius 1 is 1.30 bits per heavy atom. The van der Waals surface area contributed by atoms with Crippen LogP contribution in [0, 0.1) is 0 Å². The number of nitrogens with zero attached hydrogens (tertiary/aromatic N) is 4. The molecule has 0 radical (unpaired) electrons. The van der Waals surface area contributed by atoms with Crippen molar-refractivity contribution in [3.05, 3.63) is 54.1 Å². The van der Waals surface area contributed by atoms with Crippen LogP contribution in [-0.4, -0.2) is 55.7 Å². The first-order valence-corrected chi connectivity index (χ1v) is 7.23. The molecule has 23 heavy (non-hydrogen) atoms. The lowest BCUT2D eigenvalue weighted by atomic mass is 10.1. The number of aromatic nitrogens is 4. The van der Waals surface area contributed by atoms with E-state index in [-0.39, 0.29) is 23.6 Å². The Labute approximate surface area is 131 Å². The second-order valence-electron chi connectivity index (χ2n) is 5.50. The van der Waals surface area contributed by atoms with Crippen molar-refractivity contribution < 1.29 is 9.59 Å². The first kappa shape index (κ1) is 13.5. The second kappa shape index (κ2) is 5.24. The van der Waals surface area contributed by atoms with Crippen molar-refractivity contribution >= 4 is 17.3 Å². The quantitative estimate of drug-likeness (QED) is 0.728. The predicted octanol–water partition coefficient (Wildman–Crippen LogP) is 0.312. The Morgan fingerprint density at radius 3 is 2.91 bits per heavy atom. The van der Waals surface area contributed by atoms with Gasteiger partial charge in [-0.25, -0.2) is 0 Å². The number of pyridine rings is 1. The number of H-pyrrole nitrogens is 1. The number of fused-ring (bicyclic) bond motifs is 1. The minimum atomic E-state index is -0.182. The molecule has 3 aromatic heterocycles. The molecule has 0 atom stereocenters. The third-order valence-electron chi connectivity index (χ3n) is 3.90. The van der Waals surface area contributed by atoms with E-state index in [0.29, 0.717) is 18.7 Å². The van der Waals surface area contributed by atoms with E-state index in [0.717, 1.165) is 5.52 Å². The lowest BCUT2D eigenvalue weighted by Gasteiger charge is -2.38. The highest BCUT2D eigenvalue weighted by Gasteiger charge is 2.33. The molecule has 0 aliphatic carbocycles. The number of hydrogen-bond donors (Lipinski definition) is 2. The molecule has 8 nitrogen and oxygen atoms in total. The summed E-state index contributed by atoms with van der Waals surface area (Å²) in [5.74, 6) is -0.314. The summed E-state index contributed by atoms with van der Waals surface area (Å²) in [4.78, 5) is 25.9. The van der Waals surface area contributed by atoms with Crippen molar-refractivity contribution in [3.63, 3.8) is 0 Å². The molecule has 0 aromatic carbocycles. The van der Waals surface area contributed by atoms with E-state index < -0.39 is 0 Å². The number of rotatable bonds is 3. The van der Waals surface area contributed by atoms with Gasteiger partial charge in [0.05, 0.1) is 17.8 Å². The zero-order valence-electron chi connectivity index (χ0n) is 12.1. The Kier molecular flexibility index (Phi) is 3.07. The maximum absolute atomic E-state index is 12.3. The van der Waals surface area contributed by atoms with Crippen molar-refractivity contribution in [2.45, 2.75) is 6.04 Å². The SMILES string of the molecule is O=C(NC1CN(C(=O)c2cn[nH]n2)C1)c1cc2ccccn2c1. The van der Waals surface area contributed by atoms with Crippen molar-refractivity contribution in [2.75, 3.05) is 13.1 Å². The fraction of sp³-hybridized carbons (Fsp3) is 0.200. The number of aromatic amines is 1. The average Bonchev–Trinajstić information content (AvgIpc) is 3.18. The summed E-state index contributed by atoms with van der Waals surface area (Å²) in [5, 5.41) is 12.7. The van der Waals surface area contributed by atoms with Gasteiger partial charge in [-0.2, -0.15) is 15.4 Å². The third kappa shape index (κ3) is 2.44. The highest BCUT2D eigenvalue weighted by molar-refractivity contribution is 5.96. The highest BCUT2D eigenvalue weighted by Crippen LogP contribution is 2.14. The van der Waals surface area contributed by atoms with E-state index in [9.17, 15) is 9.59 Å². The van der Waals surface area contributed by atoms with Crippen molar-refractivity contribution in [3.8, 4) is 0 Å². The summed E-state index contributed by atoms with van der Waals surface area (Å²) in [7, 11) is 0. The molecule has 1 aliphatic heterocycles. The molecule has 2 N–H and O–H groups in total. The van der Waals surface area contributed by atoms with Crippen molar-refractivity contribution in [2.24, 2.45) is 0 Å². The molecule has 0 bridgehead atoms. The molecule has 0 spiro atoms. The molecule has 8 heteroatoms. The summed E-state index contributed by atoms with van der Waals surface area (Å²) >= 11 is 0. The molecular weight excluding hydrogens is 296 g/mol.